The number of halogens is 2. The van der Waals surface area contributed by atoms with Crippen LogP contribution in [-0.4, -0.2) is 43.8 Å². The van der Waals surface area contributed by atoms with E-state index in [1.54, 1.807) is 18.2 Å². The van der Waals surface area contributed by atoms with Gasteiger partial charge in [0.05, 0.1) is 15.6 Å². The molecule has 4 aromatic carbocycles. The fourth-order valence-corrected chi connectivity index (χ4v) is 6.71. The molecule has 4 rings (SSSR count). The first-order valence-corrected chi connectivity index (χ1v) is 16.5. The summed E-state index contributed by atoms with van der Waals surface area (Å²) in [5, 5.41) is 3.41. The van der Waals surface area contributed by atoms with Crippen LogP contribution >= 0.6 is 23.2 Å². The Balaban J connectivity index is 1.81. The molecule has 7 nitrogen and oxygen atoms in total. The van der Waals surface area contributed by atoms with Crippen LogP contribution < -0.4 is 9.62 Å². The highest BCUT2D eigenvalue weighted by Gasteiger charge is 2.35. The minimum atomic E-state index is -4.26. The molecule has 4 aromatic rings. The van der Waals surface area contributed by atoms with Crippen LogP contribution in [0.5, 0.6) is 0 Å². The lowest BCUT2D eigenvalue weighted by Crippen LogP contribution is -2.54. The number of hydrogen-bond acceptors (Lipinski definition) is 4. The Hall–Kier alpha value is -3.85. The van der Waals surface area contributed by atoms with Crippen molar-refractivity contribution in [2.24, 2.45) is 0 Å². The van der Waals surface area contributed by atoms with Crippen LogP contribution in [0, 0.1) is 0 Å². The molecule has 0 aliphatic heterocycles. The second-order valence-electron chi connectivity index (χ2n) is 10.5. The van der Waals surface area contributed by atoms with Crippen LogP contribution in [0.15, 0.2) is 114 Å². The van der Waals surface area contributed by atoms with Crippen LogP contribution in [0.1, 0.15) is 31.4 Å². The second-order valence-corrected chi connectivity index (χ2v) is 13.2. The van der Waals surface area contributed by atoms with Crippen LogP contribution in [0.3, 0.4) is 0 Å². The maximum absolute atomic E-state index is 14.4. The summed E-state index contributed by atoms with van der Waals surface area (Å²) in [6, 6.07) is 29.9. The Labute approximate surface area is 269 Å². The van der Waals surface area contributed by atoms with Gasteiger partial charge in [0.25, 0.3) is 10.0 Å². The third-order valence-electron chi connectivity index (χ3n) is 7.26. The van der Waals surface area contributed by atoms with Crippen LogP contribution in [-0.2, 0) is 32.6 Å². The predicted molar refractivity (Wildman–Crippen MR) is 176 cm³/mol. The van der Waals surface area contributed by atoms with Crippen molar-refractivity contribution in [3.63, 3.8) is 0 Å². The predicted octanol–water partition coefficient (Wildman–Crippen LogP) is 6.74. The minimum Gasteiger partial charge on any atom is -0.352 e. The summed E-state index contributed by atoms with van der Waals surface area (Å²) in [6.07, 6.45) is 0.934. The zero-order valence-electron chi connectivity index (χ0n) is 24.6. The molecule has 0 aliphatic carbocycles. The molecule has 0 fully saturated rings. The van der Waals surface area contributed by atoms with Crippen LogP contribution in [0.25, 0.3) is 0 Å². The molecular weight excluding hydrogens is 617 g/mol. The lowest BCUT2D eigenvalue weighted by molar-refractivity contribution is -0.140. The summed E-state index contributed by atoms with van der Waals surface area (Å²) in [7, 11) is -4.26. The molecule has 230 valence electrons. The highest BCUT2D eigenvalue weighted by atomic mass is 35.5. The average molecular weight is 653 g/mol. The van der Waals surface area contributed by atoms with Gasteiger partial charge in [-0.15, -0.1) is 0 Å². The highest BCUT2D eigenvalue weighted by molar-refractivity contribution is 7.92. The topological polar surface area (TPSA) is 86.8 Å². The maximum Gasteiger partial charge on any atom is 0.264 e. The van der Waals surface area contributed by atoms with Crippen LogP contribution in [0.4, 0.5) is 5.69 Å². The van der Waals surface area contributed by atoms with Gasteiger partial charge in [0.2, 0.25) is 11.8 Å². The summed E-state index contributed by atoms with van der Waals surface area (Å²) >= 11 is 12.7. The lowest BCUT2D eigenvalue weighted by atomic mass is 10.0. The van der Waals surface area contributed by atoms with Gasteiger partial charge in [-0.1, -0.05) is 109 Å². The fourth-order valence-electron chi connectivity index (χ4n) is 4.69. The molecule has 0 radical (unpaired) electrons. The molecule has 0 saturated heterocycles. The van der Waals surface area contributed by atoms with E-state index in [1.165, 1.54) is 35.2 Å². The molecule has 10 heteroatoms. The van der Waals surface area contributed by atoms with E-state index >= 15 is 0 Å². The number of benzene rings is 4. The average Bonchev–Trinajstić information content (AvgIpc) is 3.03. The fraction of sp³-hybridized carbons (Fsp3) is 0.235. The molecule has 1 N–H and O–H groups in total. The number of nitrogens with zero attached hydrogens (tertiary/aromatic N) is 2. The van der Waals surface area contributed by atoms with Crippen molar-refractivity contribution in [1.82, 2.24) is 10.2 Å². The molecule has 2 amide bonds. The first-order valence-electron chi connectivity index (χ1n) is 14.3. The van der Waals surface area contributed by atoms with Gasteiger partial charge >= 0.3 is 0 Å². The van der Waals surface area contributed by atoms with Crippen molar-refractivity contribution in [3.05, 3.63) is 130 Å². The Bertz CT molecular complexity index is 1660. The minimum absolute atomic E-state index is 0.0104. The Morgan fingerprint density at radius 2 is 1.39 bits per heavy atom. The molecule has 0 bridgehead atoms. The van der Waals surface area contributed by atoms with Gasteiger partial charge in [0.1, 0.15) is 12.6 Å². The summed E-state index contributed by atoms with van der Waals surface area (Å²) < 4.78 is 29.1. The Morgan fingerprint density at radius 1 is 0.818 bits per heavy atom. The normalized spacial score (nSPS) is 12.6. The number of carbonyl (C=O) groups is 2. The van der Waals surface area contributed by atoms with E-state index in [0.717, 1.165) is 15.4 Å². The van der Waals surface area contributed by atoms with E-state index in [1.807, 2.05) is 74.5 Å². The molecule has 2 atom stereocenters. The zero-order valence-corrected chi connectivity index (χ0v) is 26.9. The molecule has 0 saturated carbocycles. The molecule has 0 spiro atoms. The van der Waals surface area contributed by atoms with E-state index in [2.05, 4.69) is 5.32 Å². The van der Waals surface area contributed by atoms with Gasteiger partial charge in [-0.3, -0.25) is 13.9 Å². The zero-order chi connectivity index (χ0) is 31.7. The third kappa shape index (κ3) is 8.40. The van der Waals surface area contributed by atoms with Gasteiger partial charge < -0.3 is 10.2 Å². The van der Waals surface area contributed by atoms with Crippen molar-refractivity contribution in [2.75, 3.05) is 10.8 Å². The largest absolute Gasteiger partial charge is 0.352 e. The molecule has 0 heterocycles. The van der Waals surface area contributed by atoms with Gasteiger partial charge in [0, 0.05) is 24.0 Å². The van der Waals surface area contributed by atoms with Crippen molar-refractivity contribution in [1.29, 1.82) is 0 Å². The number of carbonyl (C=O) groups excluding carboxylic acids is 2. The van der Waals surface area contributed by atoms with Crippen molar-refractivity contribution in [3.8, 4) is 0 Å². The van der Waals surface area contributed by atoms with Gasteiger partial charge in [-0.2, -0.15) is 0 Å². The van der Waals surface area contributed by atoms with Crippen LogP contribution in [0.2, 0.25) is 10.0 Å². The highest BCUT2D eigenvalue weighted by Crippen LogP contribution is 2.33. The first kappa shape index (κ1) is 33.1. The molecular formula is C34H35Cl2N3O4S. The maximum atomic E-state index is 14.4. The lowest BCUT2D eigenvalue weighted by Gasteiger charge is -2.34. The van der Waals surface area contributed by atoms with Gasteiger partial charge in [0.15, 0.2) is 0 Å². The van der Waals surface area contributed by atoms with Crippen molar-refractivity contribution >= 4 is 50.7 Å². The van der Waals surface area contributed by atoms with E-state index in [0.29, 0.717) is 11.4 Å². The Morgan fingerprint density at radius 3 is 1.95 bits per heavy atom. The van der Waals surface area contributed by atoms with E-state index in [-0.39, 0.29) is 40.5 Å². The molecule has 0 unspecified atom stereocenters. The molecule has 44 heavy (non-hydrogen) atoms. The molecule has 0 aromatic heterocycles. The van der Waals surface area contributed by atoms with Gasteiger partial charge in [-0.25, -0.2) is 8.42 Å². The monoisotopic (exact) mass is 651 g/mol. The standard InChI is InChI=1S/C34H35Cl2N3O4S/c1-3-25(2)37-34(41)32(21-26-13-7-4-8-14-26)38(23-27-15-9-5-10-16-27)33(40)24-39(31-20-19-28(35)22-30(31)36)44(42,43)29-17-11-6-12-18-29/h4-20,22,25,32H,3,21,23-24H2,1-2H3,(H,37,41)/t25-,32-/m0/s1. The van der Waals surface area contributed by atoms with E-state index < -0.39 is 28.5 Å². The SMILES string of the molecule is CC[C@H](C)NC(=O)[C@H](Cc1ccccc1)N(Cc1ccccc1)C(=O)CN(c1ccc(Cl)cc1Cl)S(=O)(=O)c1ccccc1. The quantitative estimate of drug-likeness (QED) is 0.173. The smallest absolute Gasteiger partial charge is 0.264 e. The van der Waals surface area contributed by atoms with Crippen molar-refractivity contribution < 1.29 is 18.0 Å². The number of sulfonamides is 1. The van der Waals surface area contributed by atoms with Gasteiger partial charge in [-0.05, 0) is 54.8 Å². The third-order valence-corrected chi connectivity index (χ3v) is 9.57. The number of anilines is 1. The molecule has 0 aliphatic rings. The summed E-state index contributed by atoms with van der Waals surface area (Å²) in [6.45, 7) is 3.34. The summed E-state index contributed by atoms with van der Waals surface area (Å²) in [5.41, 5.74) is 1.74. The number of hydrogen-bond donors (Lipinski definition) is 1. The number of rotatable bonds is 13. The Kier molecular flexibility index (Phi) is 11.4. The van der Waals surface area contributed by atoms with E-state index in [9.17, 15) is 18.0 Å². The van der Waals surface area contributed by atoms with E-state index in [4.69, 9.17) is 23.2 Å². The number of amides is 2. The summed E-state index contributed by atoms with van der Waals surface area (Å²) in [4.78, 5) is 29.7. The second kappa shape index (κ2) is 15.2. The number of nitrogens with one attached hydrogen (secondary N) is 1. The summed E-state index contributed by atoms with van der Waals surface area (Å²) in [5.74, 6) is -0.894. The first-order chi connectivity index (χ1) is 21.1. The van der Waals surface area contributed by atoms with Crippen molar-refractivity contribution in [2.45, 2.75) is 50.2 Å².